The molecule has 28 heavy (non-hydrogen) atoms. The van der Waals surface area contributed by atoms with Crippen LogP contribution in [0.25, 0.3) is 0 Å². The third-order valence-corrected chi connectivity index (χ3v) is 5.14. The van der Waals surface area contributed by atoms with Crippen molar-refractivity contribution < 1.29 is 4.79 Å². The summed E-state index contributed by atoms with van der Waals surface area (Å²) < 4.78 is 0. The van der Waals surface area contributed by atoms with Gasteiger partial charge in [0, 0.05) is 25.2 Å². The van der Waals surface area contributed by atoms with Gasteiger partial charge in [-0.25, -0.2) is 4.99 Å². The van der Waals surface area contributed by atoms with E-state index in [0.29, 0.717) is 18.7 Å². The minimum atomic E-state index is -0.0317. The van der Waals surface area contributed by atoms with Crippen LogP contribution in [0.4, 0.5) is 0 Å². The Morgan fingerprint density at radius 2 is 1.75 bits per heavy atom. The first kappa shape index (κ1) is 22.2. The van der Waals surface area contributed by atoms with E-state index in [0.717, 1.165) is 43.5 Å². The Morgan fingerprint density at radius 1 is 1.07 bits per heavy atom. The van der Waals surface area contributed by atoms with Gasteiger partial charge in [0.15, 0.2) is 5.96 Å². The lowest BCUT2D eigenvalue weighted by atomic mass is 9.99. The van der Waals surface area contributed by atoms with Gasteiger partial charge in [0.05, 0.1) is 6.54 Å². The molecule has 1 saturated heterocycles. The normalized spacial score (nSPS) is 16.0. The van der Waals surface area contributed by atoms with Gasteiger partial charge in [-0.05, 0) is 76.4 Å². The number of amides is 1. The predicted molar refractivity (Wildman–Crippen MR) is 117 cm³/mol. The van der Waals surface area contributed by atoms with Crippen molar-refractivity contribution in [2.75, 3.05) is 39.3 Å². The van der Waals surface area contributed by atoms with Crippen molar-refractivity contribution in [2.45, 2.75) is 46.6 Å². The van der Waals surface area contributed by atoms with Crippen LogP contribution in [0.2, 0.25) is 0 Å². The Morgan fingerprint density at radius 3 is 2.39 bits per heavy atom. The summed E-state index contributed by atoms with van der Waals surface area (Å²) in [6.07, 6.45) is 3.78. The molecule has 156 valence electrons. The van der Waals surface area contributed by atoms with E-state index in [4.69, 9.17) is 0 Å². The van der Waals surface area contributed by atoms with E-state index in [1.807, 2.05) is 31.2 Å². The number of guanidine groups is 1. The van der Waals surface area contributed by atoms with Gasteiger partial charge < -0.3 is 20.9 Å². The van der Waals surface area contributed by atoms with Crippen LogP contribution in [-0.4, -0.2) is 56.0 Å². The van der Waals surface area contributed by atoms with Crippen molar-refractivity contribution in [3.63, 3.8) is 0 Å². The van der Waals surface area contributed by atoms with Crippen molar-refractivity contribution in [1.29, 1.82) is 0 Å². The quantitative estimate of drug-likeness (QED) is 0.346. The summed E-state index contributed by atoms with van der Waals surface area (Å²) in [4.78, 5) is 19.1. The van der Waals surface area contributed by atoms with Gasteiger partial charge in [-0.1, -0.05) is 19.1 Å². The molecule has 1 amide bonds. The zero-order valence-corrected chi connectivity index (χ0v) is 17.8. The lowest BCUT2D eigenvalue weighted by molar-refractivity contribution is 0.0956. The topological polar surface area (TPSA) is 68.8 Å². The third kappa shape index (κ3) is 7.89. The molecule has 1 aliphatic heterocycles. The van der Waals surface area contributed by atoms with Gasteiger partial charge in [-0.15, -0.1) is 0 Å². The summed E-state index contributed by atoms with van der Waals surface area (Å²) in [5.41, 5.74) is 1.78. The van der Waals surface area contributed by atoms with Crippen molar-refractivity contribution in [3.05, 3.63) is 35.4 Å². The van der Waals surface area contributed by atoms with E-state index in [1.165, 1.54) is 25.9 Å². The number of carbonyl (C=O) groups is 1. The summed E-state index contributed by atoms with van der Waals surface area (Å²) in [6, 6.07) is 7.65. The first-order valence-electron chi connectivity index (χ1n) is 10.7. The summed E-state index contributed by atoms with van der Waals surface area (Å²) in [5.74, 6) is 1.70. The molecule has 0 unspecified atom stereocenters. The van der Waals surface area contributed by atoms with Gasteiger partial charge in [0.1, 0.15) is 0 Å². The number of hydrogen-bond acceptors (Lipinski definition) is 3. The number of carbonyl (C=O) groups excluding carboxylic acids is 1. The first-order chi connectivity index (χ1) is 13.6. The monoisotopic (exact) mass is 387 g/mol. The van der Waals surface area contributed by atoms with E-state index in [1.54, 1.807) is 0 Å². The number of hydrogen-bond donors (Lipinski definition) is 3. The Labute approximate surface area is 170 Å². The number of nitrogens with zero attached hydrogens (tertiary/aromatic N) is 2. The smallest absolute Gasteiger partial charge is 0.251 e. The number of likely N-dealkylation sites (tertiary alicyclic amines) is 1. The molecule has 0 aromatic heterocycles. The van der Waals surface area contributed by atoms with Gasteiger partial charge >= 0.3 is 0 Å². The highest BCUT2D eigenvalue weighted by atomic mass is 16.1. The highest BCUT2D eigenvalue weighted by Gasteiger charge is 2.14. The molecule has 0 bridgehead atoms. The average molecular weight is 388 g/mol. The van der Waals surface area contributed by atoms with E-state index in [2.05, 4.69) is 39.7 Å². The standard InChI is InChI=1S/C22H37N5O/c1-4-23-21(28)20-9-7-19(8-10-20)17-26-22(24-5-2)25-13-6-14-27-15-11-18(3)12-16-27/h7-10,18H,4-6,11-17H2,1-3H3,(H,23,28)(H2,24,25,26). The second kappa shape index (κ2) is 12.4. The molecule has 1 aromatic carbocycles. The van der Waals surface area contributed by atoms with Crippen molar-refractivity contribution in [3.8, 4) is 0 Å². The van der Waals surface area contributed by atoms with Crippen molar-refractivity contribution >= 4 is 11.9 Å². The molecular formula is C22H37N5O. The molecule has 1 fully saturated rings. The van der Waals surface area contributed by atoms with Gasteiger partial charge in [0.25, 0.3) is 5.91 Å². The van der Waals surface area contributed by atoms with Gasteiger partial charge in [-0.3, -0.25) is 4.79 Å². The number of piperidine rings is 1. The van der Waals surface area contributed by atoms with Crippen LogP contribution in [0.3, 0.4) is 0 Å². The lowest BCUT2D eigenvalue weighted by Crippen LogP contribution is -2.39. The molecule has 0 saturated carbocycles. The first-order valence-corrected chi connectivity index (χ1v) is 10.7. The number of aliphatic imine (C=N–C) groups is 1. The maximum Gasteiger partial charge on any atom is 0.251 e. The molecule has 0 atom stereocenters. The summed E-state index contributed by atoms with van der Waals surface area (Å²) in [7, 11) is 0. The van der Waals surface area contributed by atoms with E-state index < -0.39 is 0 Å². The summed E-state index contributed by atoms with van der Waals surface area (Å²) in [6.45, 7) is 13.0. The summed E-state index contributed by atoms with van der Waals surface area (Å²) >= 11 is 0. The van der Waals surface area contributed by atoms with Crippen LogP contribution >= 0.6 is 0 Å². The Bertz CT molecular complexity index is 606. The number of rotatable bonds is 9. The largest absolute Gasteiger partial charge is 0.357 e. The maximum absolute atomic E-state index is 11.8. The fourth-order valence-electron chi connectivity index (χ4n) is 3.33. The molecule has 1 aromatic rings. The van der Waals surface area contributed by atoms with E-state index >= 15 is 0 Å². The van der Waals surface area contributed by atoms with Crippen LogP contribution in [-0.2, 0) is 6.54 Å². The Balaban J connectivity index is 1.75. The zero-order valence-electron chi connectivity index (χ0n) is 17.8. The molecule has 0 radical (unpaired) electrons. The highest BCUT2D eigenvalue weighted by molar-refractivity contribution is 5.94. The lowest BCUT2D eigenvalue weighted by Gasteiger charge is -2.30. The van der Waals surface area contributed by atoms with Crippen LogP contribution in [0.5, 0.6) is 0 Å². The molecule has 6 heteroatoms. The highest BCUT2D eigenvalue weighted by Crippen LogP contribution is 2.15. The molecule has 1 aliphatic rings. The number of nitrogens with one attached hydrogen (secondary N) is 3. The predicted octanol–water partition coefficient (Wildman–Crippen LogP) is 2.61. The third-order valence-electron chi connectivity index (χ3n) is 5.14. The van der Waals surface area contributed by atoms with Crippen LogP contribution in [0.15, 0.2) is 29.3 Å². The Hall–Kier alpha value is -2.08. The maximum atomic E-state index is 11.8. The minimum absolute atomic E-state index is 0.0317. The summed E-state index contributed by atoms with van der Waals surface area (Å²) in [5, 5.41) is 9.55. The van der Waals surface area contributed by atoms with Gasteiger partial charge in [-0.2, -0.15) is 0 Å². The SMILES string of the molecule is CCNC(=O)c1ccc(CN=C(NCC)NCCCN2CCC(C)CC2)cc1. The van der Waals surface area contributed by atoms with E-state index in [9.17, 15) is 4.79 Å². The molecule has 0 spiro atoms. The van der Waals surface area contributed by atoms with Crippen LogP contribution in [0, 0.1) is 5.92 Å². The molecular weight excluding hydrogens is 350 g/mol. The molecule has 2 rings (SSSR count). The van der Waals surface area contributed by atoms with Crippen molar-refractivity contribution in [1.82, 2.24) is 20.9 Å². The molecule has 3 N–H and O–H groups in total. The van der Waals surface area contributed by atoms with Crippen LogP contribution in [0.1, 0.15) is 56.0 Å². The second-order valence-corrected chi connectivity index (χ2v) is 7.56. The second-order valence-electron chi connectivity index (χ2n) is 7.56. The van der Waals surface area contributed by atoms with E-state index in [-0.39, 0.29) is 5.91 Å². The zero-order chi connectivity index (χ0) is 20.2. The minimum Gasteiger partial charge on any atom is -0.357 e. The fraction of sp³-hybridized carbons (Fsp3) is 0.636. The number of benzene rings is 1. The fourth-order valence-corrected chi connectivity index (χ4v) is 3.33. The van der Waals surface area contributed by atoms with Crippen LogP contribution < -0.4 is 16.0 Å². The molecule has 1 heterocycles. The van der Waals surface area contributed by atoms with Crippen molar-refractivity contribution in [2.24, 2.45) is 10.9 Å². The van der Waals surface area contributed by atoms with Gasteiger partial charge in [0.2, 0.25) is 0 Å². The Kier molecular flexibility index (Phi) is 9.83. The molecule has 0 aliphatic carbocycles. The molecule has 6 nitrogen and oxygen atoms in total. The average Bonchev–Trinajstić information content (AvgIpc) is 2.71.